The van der Waals surface area contributed by atoms with Crippen molar-refractivity contribution < 1.29 is 19.0 Å². The monoisotopic (exact) mass is 459 g/mol. The Morgan fingerprint density at radius 2 is 1.74 bits per heavy atom. The van der Waals surface area contributed by atoms with Gasteiger partial charge >= 0.3 is 0 Å². The molecule has 2 aliphatic rings. The zero-order chi connectivity index (χ0) is 23.3. The maximum atomic E-state index is 12.9. The van der Waals surface area contributed by atoms with Crippen molar-refractivity contribution in [2.75, 3.05) is 51.5 Å². The van der Waals surface area contributed by atoms with Crippen LogP contribution in [0.15, 0.2) is 72.8 Å². The molecule has 2 aliphatic heterocycles. The molecule has 1 amide bonds. The number of para-hydroxylation sites is 1. The number of carbonyl (C=O) groups excluding carboxylic acids is 1. The average molecular weight is 460 g/mol. The summed E-state index contributed by atoms with van der Waals surface area (Å²) in [5, 5.41) is 3.13. The third-order valence-corrected chi connectivity index (χ3v) is 6.45. The number of amides is 1. The first kappa shape index (κ1) is 22.1. The Labute approximate surface area is 199 Å². The Balaban J connectivity index is 1.32. The number of piperazine rings is 1. The summed E-state index contributed by atoms with van der Waals surface area (Å²) in [5.74, 6) is 2.06. The average Bonchev–Trinajstić information content (AvgIpc) is 3.38. The number of methoxy groups -OCH3 is 1. The summed E-state index contributed by atoms with van der Waals surface area (Å²) in [6, 6.07) is 23.8. The molecule has 34 heavy (non-hydrogen) atoms. The minimum Gasteiger partial charge on any atom is -0.497 e. The van der Waals surface area contributed by atoms with Gasteiger partial charge in [0, 0.05) is 44.0 Å². The molecule has 176 valence electrons. The number of rotatable bonds is 7. The van der Waals surface area contributed by atoms with Crippen molar-refractivity contribution in [3.05, 3.63) is 83.9 Å². The van der Waals surface area contributed by atoms with Gasteiger partial charge in [0.2, 0.25) is 6.79 Å². The molecule has 0 unspecified atom stereocenters. The Bertz CT molecular complexity index is 1130. The van der Waals surface area contributed by atoms with Crippen LogP contribution in [0.25, 0.3) is 0 Å². The number of ether oxygens (including phenoxy) is 3. The Kier molecular flexibility index (Phi) is 6.53. The lowest BCUT2D eigenvalue weighted by Crippen LogP contribution is -2.50. The van der Waals surface area contributed by atoms with Crippen molar-refractivity contribution in [2.24, 2.45) is 0 Å². The van der Waals surface area contributed by atoms with Crippen LogP contribution in [0.3, 0.4) is 0 Å². The molecule has 0 radical (unpaired) electrons. The predicted octanol–water partition coefficient (Wildman–Crippen LogP) is 3.72. The van der Waals surface area contributed by atoms with Crippen LogP contribution < -0.4 is 24.4 Å². The second kappa shape index (κ2) is 10.1. The van der Waals surface area contributed by atoms with Gasteiger partial charge in [-0.25, -0.2) is 0 Å². The molecule has 0 aromatic heterocycles. The van der Waals surface area contributed by atoms with Gasteiger partial charge in [-0.15, -0.1) is 0 Å². The van der Waals surface area contributed by atoms with Crippen molar-refractivity contribution >= 4 is 11.6 Å². The van der Waals surface area contributed by atoms with E-state index in [1.807, 2.05) is 30.3 Å². The molecule has 3 aromatic carbocycles. The molecular weight excluding hydrogens is 430 g/mol. The lowest BCUT2D eigenvalue weighted by molar-refractivity contribution is 0.0930. The molecule has 1 N–H and O–H groups in total. The van der Waals surface area contributed by atoms with Crippen LogP contribution in [-0.2, 0) is 0 Å². The van der Waals surface area contributed by atoms with Crippen LogP contribution in [0, 0.1) is 0 Å². The van der Waals surface area contributed by atoms with E-state index >= 15 is 0 Å². The van der Waals surface area contributed by atoms with E-state index in [1.165, 1.54) is 5.69 Å². The molecule has 2 heterocycles. The number of nitrogens with one attached hydrogen (secondary N) is 1. The predicted molar refractivity (Wildman–Crippen MR) is 131 cm³/mol. The van der Waals surface area contributed by atoms with Gasteiger partial charge in [-0.3, -0.25) is 9.69 Å². The smallest absolute Gasteiger partial charge is 0.251 e. The highest BCUT2D eigenvalue weighted by Crippen LogP contribution is 2.35. The van der Waals surface area contributed by atoms with E-state index in [1.54, 1.807) is 19.2 Å². The fourth-order valence-corrected chi connectivity index (χ4v) is 4.56. The summed E-state index contributed by atoms with van der Waals surface area (Å²) in [5.41, 5.74) is 2.93. The topological polar surface area (TPSA) is 63.3 Å². The van der Waals surface area contributed by atoms with Gasteiger partial charge in [-0.2, -0.15) is 0 Å². The first-order valence-electron chi connectivity index (χ1n) is 11.6. The van der Waals surface area contributed by atoms with Crippen LogP contribution in [0.2, 0.25) is 0 Å². The zero-order valence-electron chi connectivity index (χ0n) is 19.3. The van der Waals surface area contributed by atoms with Gasteiger partial charge in [0.25, 0.3) is 5.91 Å². The molecule has 1 atom stereocenters. The van der Waals surface area contributed by atoms with Crippen LogP contribution in [-0.4, -0.2) is 57.4 Å². The van der Waals surface area contributed by atoms with Gasteiger partial charge in [-0.1, -0.05) is 30.3 Å². The fraction of sp³-hybridized carbons (Fsp3) is 0.296. The molecule has 0 bridgehead atoms. The normalized spacial score (nSPS) is 16.2. The summed E-state index contributed by atoms with van der Waals surface area (Å²) in [6.07, 6.45) is 0. The number of fused-ring (bicyclic) bond motifs is 1. The molecule has 0 aliphatic carbocycles. The molecule has 7 nitrogen and oxygen atoms in total. The second-order valence-electron chi connectivity index (χ2n) is 8.43. The van der Waals surface area contributed by atoms with E-state index in [0.717, 1.165) is 43.2 Å². The third kappa shape index (κ3) is 4.79. The van der Waals surface area contributed by atoms with Crippen LogP contribution in [0.5, 0.6) is 17.2 Å². The molecule has 0 spiro atoms. The summed E-state index contributed by atoms with van der Waals surface area (Å²) in [7, 11) is 1.60. The molecule has 0 saturated carbocycles. The van der Waals surface area contributed by atoms with E-state index < -0.39 is 0 Å². The van der Waals surface area contributed by atoms with Crippen molar-refractivity contribution in [1.82, 2.24) is 10.2 Å². The number of hydrogen-bond acceptors (Lipinski definition) is 6. The number of carbonyl (C=O) groups is 1. The molecular formula is C27H29N3O4. The summed E-state index contributed by atoms with van der Waals surface area (Å²) in [4.78, 5) is 17.8. The number of benzene rings is 3. The Morgan fingerprint density at radius 3 is 2.53 bits per heavy atom. The molecule has 5 rings (SSSR count). The number of hydrogen-bond donors (Lipinski definition) is 1. The summed E-state index contributed by atoms with van der Waals surface area (Å²) >= 11 is 0. The molecule has 3 aromatic rings. The van der Waals surface area contributed by atoms with E-state index in [2.05, 4.69) is 45.4 Å². The van der Waals surface area contributed by atoms with Crippen LogP contribution in [0.1, 0.15) is 22.0 Å². The van der Waals surface area contributed by atoms with Crippen molar-refractivity contribution in [3.63, 3.8) is 0 Å². The minimum atomic E-state index is -0.118. The standard InChI is InChI=1S/C27H29N3O4/c1-32-23-9-5-6-21(16-23)27(31)28-18-24(20-10-11-25-26(17-20)34-19-33-25)30-14-12-29(13-15-30)22-7-3-2-4-8-22/h2-11,16-17,24H,12-15,18-19H2,1H3,(H,28,31)/t24-/m1/s1. The van der Waals surface area contributed by atoms with Crippen molar-refractivity contribution in [1.29, 1.82) is 0 Å². The largest absolute Gasteiger partial charge is 0.497 e. The quantitative estimate of drug-likeness (QED) is 0.581. The summed E-state index contributed by atoms with van der Waals surface area (Å²) in [6.45, 7) is 4.36. The Morgan fingerprint density at radius 1 is 0.941 bits per heavy atom. The number of anilines is 1. The first-order chi connectivity index (χ1) is 16.7. The summed E-state index contributed by atoms with van der Waals surface area (Å²) < 4.78 is 16.4. The Hall–Kier alpha value is -3.71. The van der Waals surface area contributed by atoms with E-state index in [-0.39, 0.29) is 18.7 Å². The first-order valence-corrected chi connectivity index (χ1v) is 11.6. The highest BCUT2D eigenvalue weighted by molar-refractivity contribution is 5.94. The lowest BCUT2D eigenvalue weighted by Gasteiger charge is -2.40. The van der Waals surface area contributed by atoms with Crippen LogP contribution >= 0.6 is 0 Å². The third-order valence-electron chi connectivity index (χ3n) is 6.45. The van der Waals surface area contributed by atoms with Gasteiger partial charge in [0.1, 0.15) is 5.75 Å². The highest BCUT2D eigenvalue weighted by Gasteiger charge is 2.27. The lowest BCUT2D eigenvalue weighted by atomic mass is 10.0. The molecule has 1 fully saturated rings. The highest BCUT2D eigenvalue weighted by atomic mass is 16.7. The van der Waals surface area contributed by atoms with Crippen molar-refractivity contribution in [2.45, 2.75) is 6.04 Å². The van der Waals surface area contributed by atoms with Gasteiger partial charge < -0.3 is 24.4 Å². The van der Waals surface area contributed by atoms with Crippen LogP contribution in [0.4, 0.5) is 5.69 Å². The fourth-order valence-electron chi connectivity index (χ4n) is 4.56. The van der Waals surface area contributed by atoms with Gasteiger partial charge in [0.15, 0.2) is 11.5 Å². The zero-order valence-corrected chi connectivity index (χ0v) is 19.3. The minimum absolute atomic E-state index is 0.0157. The van der Waals surface area contributed by atoms with Gasteiger partial charge in [-0.05, 0) is 48.0 Å². The maximum absolute atomic E-state index is 12.9. The van der Waals surface area contributed by atoms with E-state index in [9.17, 15) is 4.79 Å². The van der Waals surface area contributed by atoms with E-state index in [0.29, 0.717) is 17.9 Å². The SMILES string of the molecule is COc1cccc(C(=O)NC[C@H](c2ccc3c(c2)OCO3)N2CCN(c3ccccc3)CC2)c1. The number of nitrogens with zero attached hydrogens (tertiary/aromatic N) is 2. The van der Waals surface area contributed by atoms with Crippen molar-refractivity contribution in [3.8, 4) is 17.2 Å². The second-order valence-corrected chi connectivity index (χ2v) is 8.43. The molecule has 1 saturated heterocycles. The maximum Gasteiger partial charge on any atom is 0.251 e. The van der Waals surface area contributed by atoms with Gasteiger partial charge in [0.05, 0.1) is 13.2 Å². The molecule has 7 heteroatoms. The van der Waals surface area contributed by atoms with E-state index in [4.69, 9.17) is 14.2 Å².